The summed E-state index contributed by atoms with van der Waals surface area (Å²) in [5.74, 6) is -0.844. The summed E-state index contributed by atoms with van der Waals surface area (Å²) in [4.78, 5) is 41.4. The van der Waals surface area contributed by atoms with E-state index in [0.29, 0.717) is 59.0 Å². The van der Waals surface area contributed by atoms with E-state index in [0.717, 1.165) is 38.5 Å². The van der Waals surface area contributed by atoms with Crippen molar-refractivity contribution in [2.24, 2.45) is 11.5 Å². The lowest BCUT2D eigenvalue weighted by atomic mass is 10.0. The number of amides is 2. The smallest absolute Gasteiger partial charge is 0.330 e. The highest BCUT2D eigenvalue weighted by atomic mass is 16.5. The number of esters is 1. The first-order chi connectivity index (χ1) is 29.9. The van der Waals surface area contributed by atoms with Crippen LogP contribution in [0, 0.1) is 0 Å². The third kappa shape index (κ3) is 35.3. The van der Waals surface area contributed by atoms with Crippen molar-refractivity contribution in [3.8, 4) is 0 Å². The molecule has 2 amide bonds. The summed E-state index contributed by atoms with van der Waals surface area (Å²) in [6.45, 7) is 8.36. The topological polar surface area (TPSA) is 158 Å². The number of carbonyl (C=O) groups excluding carboxylic acids is 3. The Kier molecular flexibility index (Phi) is 40.8. The summed E-state index contributed by atoms with van der Waals surface area (Å²) in [5.41, 5.74) is 11.3. The Morgan fingerprint density at radius 3 is 1.28 bits per heavy atom. The summed E-state index contributed by atoms with van der Waals surface area (Å²) in [7, 11) is 0. The predicted octanol–water partition coefficient (Wildman–Crippen LogP) is 10.0. The Balaban J connectivity index is 2.38. The van der Waals surface area contributed by atoms with E-state index in [2.05, 4.69) is 29.4 Å². The highest BCUT2D eigenvalue weighted by Gasteiger charge is 2.34. The number of rotatable bonds is 46. The number of unbranched alkanes of at least 4 members (excludes halogenated alkanes) is 29. The first kappa shape index (κ1) is 57.2. The first-order valence-corrected chi connectivity index (χ1v) is 26.0. The van der Waals surface area contributed by atoms with E-state index in [1.54, 1.807) is 0 Å². The van der Waals surface area contributed by atoms with Crippen LogP contribution >= 0.6 is 0 Å². The molecule has 360 valence electrons. The second kappa shape index (κ2) is 43.5. The molecule has 1 fully saturated rings. The van der Waals surface area contributed by atoms with Gasteiger partial charge in [0.2, 0.25) is 11.8 Å². The Hall–Kier alpha value is -1.79. The second-order valence-electron chi connectivity index (χ2n) is 18.0. The van der Waals surface area contributed by atoms with Crippen molar-refractivity contribution < 1.29 is 28.6 Å². The van der Waals surface area contributed by atoms with Crippen molar-refractivity contribution >= 4 is 17.8 Å². The van der Waals surface area contributed by atoms with Crippen LogP contribution in [0.1, 0.15) is 226 Å². The molecule has 1 unspecified atom stereocenters. The van der Waals surface area contributed by atoms with Gasteiger partial charge in [-0.3, -0.25) is 14.5 Å². The monoisotopic (exact) mass is 866 g/mol. The third-order valence-electron chi connectivity index (χ3n) is 12.2. The van der Waals surface area contributed by atoms with Gasteiger partial charge in [0.1, 0.15) is 6.04 Å². The maximum atomic E-state index is 13.3. The van der Waals surface area contributed by atoms with E-state index in [-0.39, 0.29) is 37.0 Å². The number of hydrogen-bond donors (Lipinski definition) is 4. The van der Waals surface area contributed by atoms with Gasteiger partial charge in [0, 0.05) is 52.1 Å². The van der Waals surface area contributed by atoms with Gasteiger partial charge in [-0.2, -0.15) is 0 Å². The Morgan fingerprint density at radius 1 is 0.508 bits per heavy atom. The molecule has 0 aromatic rings. The van der Waals surface area contributed by atoms with Crippen molar-refractivity contribution in [3.63, 3.8) is 0 Å². The Bertz CT molecular complexity index is 990. The molecular formula is C50H99N5O6. The molecule has 1 heterocycles. The van der Waals surface area contributed by atoms with E-state index in [4.69, 9.17) is 25.7 Å². The van der Waals surface area contributed by atoms with Gasteiger partial charge in [0.05, 0.1) is 32.0 Å². The van der Waals surface area contributed by atoms with Gasteiger partial charge in [0.15, 0.2) is 0 Å². The van der Waals surface area contributed by atoms with Gasteiger partial charge in [-0.25, -0.2) is 4.79 Å². The van der Waals surface area contributed by atoms with Gasteiger partial charge in [-0.05, 0) is 12.8 Å². The minimum atomic E-state index is -0.932. The van der Waals surface area contributed by atoms with Gasteiger partial charge >= 0.3 is 5.97 Å². The van der Waals surface area contributed by atoms with Crippen LogP contribution < -0.4 is 22.1 Å². The van der Waals surface area contributed by atoms with Crippen molar-refractivity contribution in [1.82, 2.24) is 15.5 Å². The van der Waals surface area contributed by atoms with Crippen LogP contribution in [0.5, 0.6) is 0 Å². The normalized spacial score (nSPS) is 15.9. The fraction of sp³-hybridized carbons (Fsp3) is 0.940. The number of likely N-dealkylation sites (tertiary alicyclic amines) is 1. The molecule has 1 aliphatic rings. The van der Waals surface area contributed by atoms with E-state index in [9.17, 15) is 14.4 Å². The lowest BCUT2D eigenvalue weighted by Crippen LogP contribution is -2.49. The average Bonchev–Trinajstić information content (AvgIpc) is 3.66. The lowest BCUT2D eigenvalue weighted by Gasteiger charge is -2.20. The van der Waals surface area contributed by atoms with Gasteiger partial charge in [0.25, 0.3) is 0 Å². The van der Waals surface area contributed by atoms with E-state index < -0.39 is 12.0 Å². The molecule has 11 nitrogen and oxygen atoms in total. The number of nitrogens with one attached hydrogen (secondary N) is 2. The predicted molar refractivity (Wildman–Crippen MR) is 254 cm³/mol. The summed E-state index contributed by atoms with van der Waals surface area (Å²) in [6.07, 6.45) is 40.0. The Morgan fingerprint density at radius 2 is 0.885 bits per heavy atom. The van der Waals surface area contributed by atoms with Crippen molar-refractivity contribution in [2.45, 2.75) is 244 Å². The number of nitrogens with two attached hydrogens (primary N) is 2. The van der Waals surface area contributed by atoms with Crippen LogP contribution in [0.4, 0.5) is 0 Å². The first-order valence-electron chi connectivity index (χ1n) is 26.0. The van der Waals surface area contributed by atoms with E-state index >= 15 is 0 Å². The van der Waals surface area contributed by atoms with Crippen molar-refractivity contribution in [1.29, 1.82) is 0 Å². The summed E-state index contributed by atoms with van der Waals surface area (Å²) >= 11 is 0. The van der Waals surface area contributed by atoms with Gasteiger partial charge < -0.3 is 36.3 Å². The molecule has 0 aromatic heterocycles. The zero-order chi connectivity index (χ0) is 44.3. The zero-order valence-electron chi connectivity index (χ0n) is 40.0. The van der Waals surface area contributed by atoms with E-state index in [1.807, 2.05) is 0 Å². The fourth-order valence-corrected chi connectivity index (χ4v) is 8.36. The molecule has 0 radical (unpaired) electrons. The second-order valence-corrected chi connectivity index (χ2v) is 18.0. The number of nitrogens with zero attached hydrogens (tertiary/aromatic N) is 1. The number of carbonyl (C=O) groups is 3. The fourth-order valence-electron chi connectivity index (χ4n) is 8.36. The number of hydrogen-bond acceptors (Lipinski definition) is 9. The quantitative estimate of drug-likeness (QED) is 0.0345. The highest BCUT2D eigenvalue weighted by Crippen LogP contribution is 2.18. The van der Waals surface area contributed by atoms with Gasteiger partial charge in [-0.1, -0.05) is 200 Å². The standard InChI is InChI=1S/C50H99N5O6/c1-3-5-7-9-11-13-15-17-19-21-23-25-27-29-31-33-39-61-50(58)45(54-49(57)35-38-55-43-46(59-40-36-51)47(44-55)60-41-37-52)42-53-48(56)34-32-30-28-26-24-22-20-18-16-14-12-10-8-6-4-2/h45-47H,3-44,51-52H2,1-2H3,(H,53,56)(H,54,57)/t45?,46-,47+. The van der Waals surface area contributed by atoms with Crippen molar-refractivity contribution in [3.05, 3.63) is 0 Å². The van der Waals surface area contributed by atoms with E-state index in [1.165, 1.54) is 161 Å². The lowest BCUT2D eigenvalue weighted by molar-refractivity contribution is -0.148. The molecule has 1 rings (SSSR count). The SMILES string of the molecule is CCCCCCCCCCCCCCCCCCOC(=O)C(CNC(=O)CCCCCCCCCCCCCCCCC)NC(=O)CCN1C[C@H](OCCN)[C@H](OCCN)C1. The maximum absolute atomic E-state index is 13.3. The summed E-state index contributed by atoms with van der Waals surface area (Å²) in [5, 5.41) is 5.77. The molecule has 61 heavy (non-hydrogen) atoms. The van der Waals surface area contributed by atoms with Crippen LogP contribution in [0.3, 0.4) is 0 Å². The van der Waals surface area contributed by atoms with Crippen molar-refractivity contribution in [2.75, 3.05) is 59.1 Å². The molecule has 1 aliphatic heterocycles. The van der Waals surface area contributed by atoms with Gasteiger partial charge in [-0.15, -0.1) is 0 Å². The minimum absolute atomic E-state index is 0.0226. The van der Waals surface area contributed by atoms with Crippen LogP contribution in [-0.4, -0.2) is 100 Å². The molecule has 11 heteroatoms. The molecule has 0 spiro atoms. The molecule has 0 aliphatic carbocycles. The summed E-state index contributed by atoms with van der Waals surface area (Å²) in [6, 6.07) is -0.932. The molecule has 1 saturated heterocycles. The van der Waals surface area contributed by atoms with Crippen LogP contribution in [0.15, 0.2) is 0 Å². The maximum Gasteiger partial charge on any atom is 0.330 e. The molecule has 0 saturated carbocycles. The van der Waals surface area contributed by atoms with Crippen LogP contribution in [-0.2, 0) is 28.6 Å². The largest absolute Gasteiger partial charge is 0.464 e. The average molecular weight is 866 g/mol. The molecule has 6 N–H and O–H groups in total. The zero-order valence-corrected chi connectivity index (χ0v) is 40.0. The Labute approximate surface area is 375 Å². The third-order valence-corrected chi connectivity index (χ3v) is 12.2. The molecule has 0 bridgehead atoms. The highest BCUT2D eigenvalue weighted by molar-refractivity contribution is 5.85. The van der Waals surface area contributed by atoms with Crippen LogP contribution in [0.2, 0.25) is 0 Å². The molecule has 3 atom stereocenters. The minimum Gasteiger partial charge on any atom is -0.464 e. The summed E-state index contributed by atoms with van der Waals surface area (Å²) < 4.78 is 17.5. The molecular weight excluding hydrogens is 767 g/mol. The van der Waals surface area contributed by atoms with Crippen LogP contribution in [0.25, 0.3) is 0 Å². The molecule has 0 aromatic carbocycles. The number of ether oxygens (including phenoxy) is 3.